The molecule has 0 aliphatic carbocycles. The molecule has 0 aromatic heterocycles. The van der Waals surface area contributed by atoms with Gasteiger partial charge in [0.25, 0.3) is 0 Å². The summed E-state index contributed by atoms with van der Waals surface area (Å²) in [6.07, 6.45) is 2.35. The Morgan fingerprint density at radius 1 is 1.32 bits per heavy atom. The third-order valence-corrected chi connectivity index (χ3v) is 4.40. The number of epoxide rings is 1. The molecule has 0 saturated carbocycles. The Kier molecular flexibility index (Phi) is 7.62. The molecule has 5 nitrogen and oxygen atoms in total. The lowest BCUT2D eigenvalue weighted by Crippen LogP contribution is -2.32. The van der Waals surface area contributed by atoms with E-state index in [0.29, 0.717) is 19.8 Å². The zero-order valence-corrected chi connectivity index (χ0v) is 15.1. The van der Waals surface area contributed by atoms with Crippen LogP contribution in [0.2, 0.25) is 0 Å². The minimum Gasteiger partial charge on any atom is -0.463 e. The highest BCUT2D eigenvalue weighted by Gasteiger charge is 2.44. The molecule has 1 aliphatic heterocycles. The molecule has 2 rings (SSSR count). The third kappa shape index (κ3) is 6.27. The quantitative estimate of drug-likeness (QED) is 0.400. The van der Waals surface area contributed by atoms with Crippen molar-refractivity contribution in [2.45, 2.75) is 45.7 Å². The van der Waals surface area contributed by atoms with Crippen molar-refractivity contribution >= 4 is 5.97 Å². The van der Waals surface area contributed by atoms with E-state index in [-0.39, 0.29) is 30.0 Å². The summed E-state index contributed by atoms with van der Waals surface area (Å²) in [6, 6.07) is 9.96. The van der Waals surface area contributed by atoms with Crippen LogP contribution in [0.1, 0.15) is 26.3 Å². The van der Waals surface area contributed by atoms with Crippen molar-refractivity contribution in [2.24, 2.45) is 11.8 Å². The maximum atomic E-state index is 11.3. The Hall–Kier alpha value is -1.69. The Morgan fingerprint density at radius 3 is 2.72 bits per heavy atom. The number of aliphatic hydroxyl groups is 1. The number of carbonyl (C=O) groups is 1. The first-order valence-corrected chi connectivity index (χ1v) is 8.83. The summed E-state index contributed by atoms with van der Waals surface area (Å²) in [4.78, 5) is 11.3. The van der Waals surface area contributed by atoms with Crippen molar-refractivity contribution in [1.29, 1.82) is 0 Å². The molecule has 0 unspecified atom stereocenters. The number of rotatable bonds is 10. The van der Waals surface area contributed by atoms with E-state index in [1.807, 2.05) is 44.2 Å². The molecule has 5 atom stereocenters. The molecule has 1 fully saturated rings. The summed E-state index contributed by atoms with van der Waals surface area (Å²) < 4.78 is 16.1. The molecule has 1 heterocycles. The van der Waals surface area contributed by atoms with Gasteiger partial charge in [0, 0.05) is 17.9 Å². The van der Waals surface area contributed by atoms with Crippen LogP contribution in [0, 0.1) is 11.8 Å². The summed E-state index contributed by atoms with van der Waals surface area (Å²) in [5, 5.41) is 10.5. The Balaban J connectivity index is 1.70. The number of ether oxygens (including phenoxy) is 3. The lowest BCUT2D eigenvalue weighted by atomic mass is 9.90. The predicted octanol–water partition coefficient (Wildman–Crippen LogP) is 2.72. The molecule has 1 aromatic carbocycles. The largest absolute Gasteiger partial charge is 0.463 e. The van der Waals surface area contributed by atoms with Crippen molar-refractivity contribution in [1.82, 2.24) is 0 Å². The van der Waals surface area contributed by atoms with Crippen molar-refractivity contribution in [2.75, 3.05) is 13.2 Å². The molecule has 1 N–H and O–H groups in total. The second kappa shape index (κ2) is 9.70. The fourth-order valence-electron chi connectivity index (χ4n) is 2.83. The highest BCUT2D eigenvalue weighted by molar-refractivity contribution is 5.82. The zero-order valence-electron chi connectivity index (χ0n) is 15.1. The van der Waals surface area contributed by atoms with Gasteiger partial charge in [0.2, 0.25) is 0 Å². The average Bonchev–Trinajstić information content (AvgIpc) is 3.39. The minimum atomic E-state index is -0.526. The van der Waals surface area contributed by atoms with E-state index in [0.717, 1.165) is 5.56 Å². The van der Waals surface area contributed by atoms with E-state index in [2.05, 4.69) is 0 Å². The lowest BCUT2D eigenvalue weighted by molar-refractivity contribution is -0.137. The van der Waals surface area contributed by atoms with Crippen LogP contribution in [-0.4, -0.2) is 42.6 Å². The SMILES string of the molecule is CCOC(=O)/C=C/[C@H]1O[C@@H]1[C@H](C)[C@@H](O)[C@@H](C)COCc1ccccc1. The van der Waals surface area contributed by atoms with E-state index in [1.165, 1.54) is 6.08 Å². The Bertz CT molecular complexity index is 556. The van der Waals surface area contributed by atoms with Crippen molar-refractivity contribution < 1.29 is 24.1 Å². The minimum absolute atomic E-state index is 0.00222. The third-order valence-electron chi connectivity index (χ3n) is 4.40. The molecule has 1 aliphatic rings. The number of benzene rings is 1. The van der Waals surface area contributed by atoms with E-state index in [4.69, 9.17) is 14.2 Å². The normalized spacial score (nSPS) is 23.2. The summed E-state index contributed by atoms with van der Waals surface area (Å²) >= 11 is 0. The molecule has 138 valence electrons. The van der Waals surface area contributed by atoms with Gasteiger partial charge in [-0.1, -0.05) is 44.2 Å². The fourth-order valence-corrected chi connectivity index (χ4v) is 2.83. The van der Waals surface area contributed by atoms with E-state index in [1.54, 1.807) is 13.0 Å². The van der Waals surface area contributed by atoms with Crippen LogP contribution in [0.25, 0.3) is 0 Å². The standard InChI is InChI=1S/C20H28O5/c1-4-24-18(21)11-10-17-20(25-17)15(3)19(22)14(2)12-23-13-16-8-6-5-7-9-16/h5-11,14-15,17,19-20,22H,4,12-13H2,1-3H3/b11-10+/t14-,15+,17+,19-,20+/m0/s1. The Labute approximate surface area is 149 Å². The number of aliphatic hydroxyl groups excluding tert-OH is 1. The van der Waals surface area contributed by atoms with Gasteiger partial charge in [0.1, 0.15) is 6.10 Å². The van der Waals surface area contributed by atoms with E-state index < -0.39 is 6.10 Å². The van der Waals surface area contributed by atoms with Crippen molar-refractivity contribution in [3.63, 3.8) is 0 Å². The van der Waals surface area contributed by atoms with Crippen molar-refractivity contribution in [3.8, 4) is 0 Å². The fraction of sp³-hybridized carbons (Fsp3) is 0.550. The maximum Gasteiger partial charge on any atom is 0.330 e. The number of carbonyl (C=O) groups excluding carboxylic acids is 1. The van der Waals surface area contributed by atoms with Gasteiger partial charge in [0.05, 0.1) is 32.0 Å². The highest BCUT2D eigenvalue weighted by atomic mass is 16.6. The number of hydrogen-bond acceptors (Lipinski definition) is 5. The lowest BCUT2D eigenvalue weighted by Gasteiger charge is -2.23. The zero-order chi connectivity index (χ0) is 18.2. The smallest absolute Gasteiger partial charge is 0.330 e. The molecule has 0 bridgehead atoms. The van der Waals surface area contributed by atoms with Crippen molar-refractivity contribution in [3.05, 3.63) is 48.0 Å². The van der Waals surface area contributed by atoms with Crippen LogP contribution >= 0.6 is 0 Å². The summed E-state index contributed by atoms with van der Waals surface area (Å²) in [6.45, 7) is 7.07. The Morgan fingerprint density at radius 2 is 2.04 bits per heavy atom. The highest BCUT2D eigenvalue weighted by Crippen LogP contribution is 2.34. The molecular weight excluding hydrogens is 320 g/mol. The first-order valence-electron chi connectivity index (χ1n) is 8.83. The van der Waals surface area contributed by atoms with Gasteiger partial charge in [-0.15, -0.1) is 0 Å². The van der Waals surface area contributed by atoms with Crippen LogP contribution < -0.4 is 0 Å². The predicted molar refractivity (Wildman–Crippen MR) is 94.9 cm³/mol. The molecule has 1 aromatic rings. The monoisotopic (exact) mass is 348 g/mol. The van der Waals surface area contributed by atoms with Gasteiger partial charge in [-0.2, -0.15) is 0 Å². The van der Waals surface area contributed by atoms with Gasteiger partial charge in [-0.25, -0.2) is 4.79 Å². The topological polar surface area (TPSA) is 68.3 Å². The van der Waals surface area contributed by atoms with Crippen LogP contribution in [0.5, 0.6) is 0 Å². The summed E-state index contributed by atoms with van der Waals surface area (Å²) in [5.41, 5.74) is 1.12. The summed E-state index contributed by atoms with van der Waals surface area (Å²) in [5.74, 6) is -0.405. The second-order valence-electron chi connectivity index (χ2n) is 6.50. The number of hydrogen-bond donors (Lipinski definition) is 1. The molecule has 25 heavy (non-hydrogen) atoms. The van der Waals surface area contributed by atoms with Gasteiger partial charge in [-0.05, 0) is 18.6 Å². The summed E-state index contributed by atoms with van der Waals surface area (Å²) in [7, 11) is 0. The molecule has 0 amide bonds. The molecule has 0 spiro atoms. The number of esters is 1. The van der Waals surface area contributed by atoms with Crippen LogP contribution in [0.3, 0.4) is 0 Å². The maximum absolute atomic E-state index is 11.3. The molecule has 0 radical (unpaired) electrons. The molecule has 1 saturated heterocycles. The van der Waals surface area contributed by atoms with Gasteiger partial charge >= 0.3 is 5.97 Å². The van der Waals surface area contributed by atoms with Crippen LogP contribution in [0.15, 0.2) is 42.5 Å². The first kappa shape index (κ1) is 19.6. The van der Waals surface area contributed by atoms with Crippen LogP contribution in [-0.2, 0) is 25.6 Å². The average molecular weight is 348 g/mol. The second-order valence-corrected chi connectivity index (χ2v) is 6.50. The molecule has 5 heteroatoms. The van der Waals surface area contributed by atoms with Gasteiger partial charge in [-0.3, -0.25) is 0 Å². The molecular formula is C20H28O5. The first-order chi connectivity index (χ1) is 12.0. The van der Waals surface area contributed by atoms with Gasteiger partial charge < -0.3 is 19.3 Å². The van der Waals surface area contributed by atoms with Crippen LogP contribution in [0.4, 0.5) is 0 Å². The van der Waals surface area contributed by atoms with Gasteiger partial charge in [0.15, 0.2) is 0 Å². The van der Waals surface area contributed by atoms with E-state index >= 15 is 0 Å². The van der Waals surface area contributed by atoms with E-state index in [9.17, 15) is 9.90 Å².